The van der Waals surface area contributed by atoms with Crippen molar-refractivity contribution in [3.8, 4) is 21.6 Å². The Kier molecular flexibility index (Phi) is 4.28. The lowest BCUT2D eigenvalue weighted by Gasteiger charge is -2.05. The van der Waals surface area contributed by atoms with Crippen molar-refractivity contribution in [1.82, 2.24) is 0 Å². The molecule has 0 aliphatic rings. The highest BCUT2D eigenvalue weighted by atomic mass is 32.1. The molecule has 0 aliphatic heterocycles. The summed E-state index contributed by atoms with van der Waals surface area (Å²) in [5.74, 6) is 0. The fraction of sp³-hybridized carbons (Fsp3) is 0.105. The van der Waals surface area contributed by atoms with Gasteiger partial charge in [-0.25, -0.2) is 0 Å². The molecule has 1 aromatic heterocycles. The average molecular weight is 322 g/mol. The van der Waals surface area contributed by atoms with Crippen molar-refractivity contribution >= 4 is 23.3 Å². The Bertz CT molecular complexity index is 833. The monoisotopic (exact) mass is 322 g/mol. The van der Waals surface area contributed by atoms with E-state index >= 15 is 0 Å². The van der Waals surface area contributed by atoms with E-state index < -0.39 is 0 Å². The molecule has 0 saturated carbocycles. The van der Waals surface area contributed by atoms with Crippen LogP contribution in [0, 0.1) is 6.92 Å². The normalized spacial score (nSPS) is 10.7. The van der Waals surface area contributed by atoms with E-state index in [-0.39, 0.29) is 0 Å². The van der Waals surface area contributed by atoms with Crippen LogP contribution in [-0.4, -0.2) is 6.29 Å². The number of carbonyl (C=O) groups excluding carboxylic acids is 1. The number of benzene rings is 2. The molecule has 0 unspecified atom stereocenters. The lowest BCUT2D eigenvalue weighted by atomic mass is 10.0. The van der Waals surface area contributed by atoms with Crippen molar-refractivity contribution in [1.29, 1.82) is 0 Å². The van der Waals surface area contributed by atoms with Crippen LogP contribution in [0.5, 0.6) is 0 Å². The first kappa shape index (κ1) is 15.5. The Morgan fingerprint density at radius 1 is 1.00 bits per heavy atom. The van der Waals surface area contributed by atoms with E-state index in [1.54, 1.807) is 0 Å². The summed E-state index contributed by atoms with van der Waals surface area (Å²) in [7, 11) is 0. The van der Waals surface area contributed by atoms with Crippen molar-refractivity contribution in [3.05, 3.63) is 64.5 Å². The minimum Gasteiger partial charge on any atom is -0.397 e. The van der Waals surface area contributed by atoms with Gasteiger partial charge in [0.15, 0.2) is 6.29 Å². The number of hydrogen-bond donors (Lipinski definition) is 2. The predicted octanol–water partition coefficient (Wildman–Crippen LogP) is 4.24. The van der Waals surface area contributed by atoms with Gasteiger partial charge in [-0.2, -0.15) is 0 Å². The van der Waals surface area contributed by atoms with Crippen molar-refractivity contribution in [2.45, 2.75) is 13.5 Å². The van der Waals surface area contributed by atoms with E-state index in [4.69, 9.17) is 11.5 Å². The van der Waals surface area contributed by atoms with Gasteiger partial charge >= 0.3 is 0 Å². The van der Waals surface area contributed by atoms with E-state index in [1.807, 2.05) is 55.5 Å². The number of hydrogen-bond acceptors (Lipinski definition) is 4. The van der Waals surface area contributed by atoms with Crippen LogP contribution in [-0.2, 0) is 6.54 Å². The molecule has 4 N–H and O–H groups in total. The molecule has 4 heteroatoms. The summed E-state index contributed by atoms with van der Waals surface area (Å²) in [4.78, 5) is 13.1. The second-order valence-electron chi connectivity index (χ2n) is 5.47. The molecule has 0 spiro atoms. The molecule has 0 radical (unpaired) electrons. The second-order valence-corrected chi connectivity index (χ2v) is 6.52. The first-order valence-corrected chi connectivity index (χ1v) is 8.19. The van der Waals surface area contributed by atoms with Crippen molar-refractivity contribution < 1.29 is 4.79 Å². The number of rotatable bonds is 4. The Labute approximate surface area is 139 Å². The maximum absolute atomic E-state index is 11.5. The number of nitrogens with two attached hydrogens (primary N) is 2. The largest absolute Gasteiger partial charge is 0.397 e. The van der Waals surface area contributed by atoms with Gasteiger partial charge in [0, 0.05) is 12.1 Å². The van der Waals surface area contributed by atoms with Crippen LogP contribution in [0.25, 0.3) is 21.6 Å². The zero-order valence-electron chi connectivity index (χ0n) is 12.9. The van der Waals surface area contributed by atoms with E-state index in [2.05, 4.69) is 0 Å². The smallest absolute Gasteiger partial charge is 0.160 e. The molecule has 0 saturated heterocycles. The second kappa shape index (κ2) is 6.36. The van der Waals surface area contributed by atoms with Gasteiger partial charge in [0.1, 0.15) is 0 Å². The van der Waals surface area contributed by atoms with E-state index in [0.29, 0.717) is 17.1 Å². The molecule has 0 atom stereocenters. The van der Waals surface area contributed by atoms with Gasteiger partial charge in [0.2, 0.25) is 0 Å². The number of aldehydes is 1. The van der Waals surface area contributed by atoms with Crippen LogP contribution in [0.2, 0.25) is 0 Å². The number of thiophene rings is 1. The average Bonchev–Trinajstić information content (AvgIpc) is 2.92. The summed E-state index contributed by atoms with van der Waals surface area (Å²) < 4.78 is 0. The molecular formula is C19H18N2OS. The quantitative estimate of drug-likeness (QED) is 0.706. The number of nitrogen functional groups attached to an aromatic ring is 1. The molecule has 0 fully saturated rings. The van der Waals surface area contributed by atoms with E-state index in [0.717, 1.165) is 33.4 Å². The molecule has 23 heavy (non-hydrogen) atoms. The van der Waals surface area contributed by atoms with Gasteiger partial charge in [-0.1, -0.05) is 54.1 Å². The molecule has 0 bridgehead atoms. The zero-order chi connectivity index (χ0) is 16.4. The fourth-order valence-electron chi connectivity index (χ4n) is 2.57. The van der Waals surface area contributed by atoms with Crippen LogP contribution < -0.4 is 11.5 Å². The standard InChI is InChI=1S/C19H18N2OS/c1-12-2-6-15(7-3-12)19-18(21)17(16(11-22)23-19)14-8-4-13(10-20)5-9-14/h2-9,11H,10,20-21H2,1H3. The Balaban J connectivity index is 2.13. The van der Waals surface area contributed by atoms with Crippen LogP contribution >= 0.6 is 11.3 Å². The van der Waals surface area contributed by atoms with Crippen LogP contribution in [0.1, 0.15) is 20.8 Å². The van der Waals surface area contributed by atoms with Gasteiger partial charge in [-0.05, 0) is 23.6 Å². The molecule has 3 rings (SSSR count). The first-order valence-electron chi connectivity index (χ1n) is 7.38. The molecule has 0 amide bonds. The molecule has 116 valence electrons. The van der Waals surface area contributed by atoms with E-state index in [9.17, 15) is 4.79 Å². The van der Waals surface area contributed by atoms with Gasteiger partial charge < -0.3 is 11.5 Å². The summed E-state index contributed by atoms with van der Waals surface area (Å²) in [6.07, 6.45) is 0.880. The molecule has 0 aliphatic carbocycles. The van der Waals surface area contributed by atoms with Crippen molar-refractivity contribution in [3.63, 3.8) is 0 Å². The topological polar surface area (TPSA) is 69.1 Å². The molecule has 1 heterocycles. The lowest BCUT2D eigenvalue weighted by molar-refractivity contribution is 0.112. The highest BCUT2D eigenvalue weighted by Crippen LogP contribution is 2.43. The lowest BCUT2D eigenvalue weighted by Crippen LogP contribution is -1.96. The summed E-state index contributed by atoms with van der Waals surface area (Å²) in [5, 5.41) is 0. The third-order valence-corrected chi connectivity index (χ3v) is 5.05. The fourth-order valence-corrected chi connectivity index (χ4v) is 3.63. The van der Waals surface area contributed by atoms with Crippen molar-refractivity contribution in [2.75, 3.05) is 5.73 Å². The summed E-state index contributed by atoms with van der Waals surface area (Å²) in [5.41, 5.74) is 17.7. The summed E-state index contributed by atoms with van der Waals surface area (Å²) in [6.45, 7) is 2.54. The first-order chi connectivity index (χ1) is 11.1. The van der Waals surface area contributed by atoms with Gasteiger partial charge in [0.25, 0.3) is 0 Å². The predicted molar refractivity (Wildman–Crippen MR) is 97.6 cm³/mol. The van der Waals surface area contributed by atoms with Crippen LogP contribution in [0.3, 0.4) is 0 Å². The molecule has 3 nitrogen and oxygen atoms in total. The summed E-state index contributed by atoms with van der Waals surface area (Å²) >= 11 is 1.43. The highest BCUT2D eigenvalue weighted by molar-refractivity contribution is 7.18. The Morgan fingerprint density at radius 3 is 2.17 bits per heavy atom. The maximum Gasteiger partial charge on any atom is 0.160 e. The molecular weight excluding hydrogens is 304 g/mol. The maximum atomic E-state index is 11.5. The third-order valence-electron chi connectivity index (χ3n) is 3.87. The van der Waals surface area contributed by atoms with Crippen LogP contribution in [0.15, 0.2) is 48.5 Å². The Morgan fingerprint density at radius 2 is 1.61 bits per heavy atom. The molecule has 2 aromatic carbocycles. The number of aryl methyl sites for hydroxylation is 1. The van der Waals surface area contributed by atoms with E-state index in [1.165, 1.54) is 16.9 Å². The SMILES string of the molecule is Cc1ccc(-c2sc(C=O)c(-c3ccc(CN)cc3)c2N)cc1. The minimum atomic E-state index is 0.495. The Hall–Kier alpha value is -2.43. The number of carbonyl (C=O) groups is 1. The highest BCUT2D eigenvalue weighted by Gasteiger charge is 2.18. The van der Waals surface area contributed by atoms with Crippen LogP contribution in [0.4, 0.5) is 5.69 Å². The van der Waals surface area contributed by atoms with Crippen molar-refractivity contribution in [2.24, 2.45) is 5.73 Å². The van der Waals surface area contributed by atoms with Gasteiger partial charge in [0.05, 0.1) is 15.4 Å². The molecule has 3 aromatic rings. The number of anilines is 1. The third kappa shape index (κ3) is 2.91. The van der Waals surface area contributed by atoms with Gasteiger partial charge in [-0.3, -0.25) is 4.79 Å². The summed E-state index contributed by atoms with van der Waals surface area (Å²) in [6, 6.07) is 16.0. The minimum absolute atomic E-state index is 0.495. The van der Waals surface area contributed by atoms with Gasteiger partial charge in [-0.15, -0.1) is 11.3 Å². The zero-order valence-corrected chi connectivity index (χ0v) is 13.7.